The maximum absolute atomic E-state index is 5.87. The number of nitrogens with zero attached hydrogens (tertiary/aromatic N) is 1. The van der Waals surface area contributed by atoms with Crippen molar-refractivity contribution in [2.24, 2.45) is 0 Å². The van der Waals surface area contributed by atoms with Crippen LogP contribution in [0, 0.1) is 6.92 Å². The lowest BCUT2D eigenvalue weighted by molar-refractivity contribution is 0.220. The third-order valence-corrected chi connectivity index (χ3v) is 2.50. The summed E-state index contributed by atoms with van der Waals surface area (Å²) >= 11 is 0. The summed E-state index contributed by atoms with van der Waals surface area (Å²) in [5.41, 5.74) is 2.09. The van der Waals surface area contributed by atoms with Crippen molar-refractivity contribution >= 4 is 0 Å². The molecule has 1 atom stereocenters. The first-order valence-corrected chi connectivity index (χ1v) is 5.40. The van der Waals surface area contributed by atoms with Crippen molar-refractivity contribution in [2.45, 2.75) is 20.0 Å². The Morgan fingerprint density at radius 3 is 2.50 bits per heavy atom. The van der Waals surface area contributed by atoms with Gasteiger partial charge in [-0.2, -0.15) is 0 Å². The first-order valence-electron chi connectivity index (χ1n) is 5.40. The first kappa shape index (κ1) is 10.7. The third-order valence-electron chi connectivity index (χ3n) is 2.50. The summed E-state index contributed by atoms with van der Waals surface area (Å²) in [6, 6.07) is 13.9. The predicted octanol–water partition coefficient (Wildman–Crippen LogP) is 3.53. The first-order chi connectivity index (χ1) is 7.77. The number of hydrogen-bond donors (Lipinski definition) is 0. The van der Waals surface area contributed by atoms with E-state index in [-0.39, 0.29) is 6.10 Å². The van der Waals surface area contributed by atoms with Gasteiger partial charge in [0.25, 0.3) is 0 Å². The van der Waals surface area contributed by atoms with E-state index in [0.29, 0.717) is 0 Å². The highest BCUT2D eigenvalue weighted by Crippen LogP contribution is 2.23. The lowest BCUT2D eigenvalue weighted by Crippen LogP contribution is -2.05. The molecule has 0 fully saturated rings. The molecule has 2 nitrogen and oxygen atoms in total. The summed E-state index contributed by atoms with van der Waals surface area (Å²) in [7, 11) is 0. The minimum atomic E-state index is -0.0256. The van der Waals surface area contributed by atoms with Crippen molar-refractivity contribution in [1.82, 2.24) is 4.98 Å². The van der Waals surface area contributed by atoms with Crippen LogP contribution in [0.4, 0.5) is 0 Å². The molecule has 2 rings (SSSR count). The normalized spacial score (nSPS) is 12.1. The average molecular weight is 213 g/mol. The standard InChI is InChI=1S/C14H15NO/c1-11-7-3-4-9-14(11)16-12(2)13-8-5-6-10-15-13/h3-10,12H,1-2H3. The summed E-state index contributed by atoms with van der Waals surface area (Å²) in [5.74, 6) is 0.917. The molecule has 0 aliphatic heterocycles. The second-order valence-electron chi connectivity index (χ2n) is 3.78. The molecule has 2 heteroatoms. The van der Waals surface area contributed by atoms with E-state index in [1.54, 1.807) is 6.20 Å². The van der Waals surface area contributed by atoms with Crippen molar-refractivity contribution in [3.63, 3.8) is 0 Å². The Kier molecular flexibility index (Phi) is 3.20. The van der Waals surface area contributed by atoms with Crippen LogP contribution >= 0.6 is 0 Å². The zero-order valence-electron chi connectivity index (χ0n) is 9.55. The number of aryl methyl sites for hydroxylation is 1. The van der Waals surface area contributed by atoms with Gasteiger partial charge in [0.1, 0.15) is 11.9 Å². The fourth-order valence-corrected chi connectivity index (χ4v) is 1.56. The molecule has 1 heterocycles. The van der Waals surface area contributed by atoms with Crippen LogP contribution in [0.5, 0.6) is 5.75 Å². The van der Waals surface area contributed by atoms with E-state index in [9.17, 15) is 0 Å². The molecule has 1 aromatic heterocycles. The van der Waals surface area contributed by atoms with Crippen LogP contribution in [0.3, 0.4) is 0 Å². The minimum absolute atomic E-state index is 0.0256. The molecule has 2 aromatic rings. The number of rotatable bonds is 3. The average Bonchev–Trinajstić information content (AvgIpc) is 2.33. The highest BCUT2D eigenvalue weighted by Gasteiger charge is 2.08. The monoisotopic (exact) mass is 213 g/mol. The van der Waals surface area contributed by atoms with Gasteiger partial charge < -0.3 is 4.74 Å². The molecule has 0 bridgehead atoms. The number of hydrogen-bond acceptors (Lipinski definition) is 2. The highest BCUT2D eigenvalue weighted by atomic mass is 16.5. The topological polar surface area (TPSA) is 22.1 Å². The summed E-state index contributed by atoms with van der Waals surface area (Å²) in [4.78, 5) is 4.28. The van der Waals surface area contributed by atoms with Crippen LogP contribution in [0.25, 0.3) is 0 Å². The van der Waals surface area contributed by atoms with Crippen molar-refractivity contribution in [3.8, 4) is 5.75 Å². The zero-order valence-corrected chi connectivity index (χ0v) is 9.55. The molecule has 1 aromatic carbocycles. The van der Waals surface area contributed by atoms with E-state index in [1.165, 1.54) is 0 Å². The maximum Gasteiger partial charge on any atom is 0.138 e. The lowest BCUT2D eigenvalue weighted by Gasteiger charge is -2.15. The number of benzene rings is 1. The fourth-order valence-electron chi connectivity index (χ4n) is 1.56. The number of ether oxygens (including phenoxy) is 1. The molecular weight excluding hydrogens is 198 g/mol. The lowest BCUT2D eigenvalue weighted by atomic mass is 10.2. The molecule has 0 amide bonds. The third kappa shape index (κ3) is 2.40. The van der Waals surface area contributed by atoms with Gasteiger partial charge in [0.15, 0.2) is 0 Å². The summed E-state index contributed by atoms with van der Waals surface area (Å²) in [6.45, 7) is 4.05. The summed E-state index contributed by atoms with van der Waals surface area (Å²) in [6.07, 6.45) is 1.76. The van der Waals surface area contributed by atoms with Crippen molar-refractivity contribution in [2.75, 3.05) is 0 Å². The Labute approximate surface area is 95.9 Å². The van der Waals surface area contributed by atoms with Gasteiger partial charge in [0.05, 0.1) is 5.69 Å². The molecular formula is C14H15NO. The molecule has 0 N–H and O–H groups in total. The maximum atomic E-state index is 5.87. The van der Waals surface area contributed by atoms with E-state index >= 15 is 0 Å². The molecule has 0 aliphatic rings. The number of aromatic nitrogens is 1. The van der Waals surface area contributed by atoms with E-state index in [2.05, 4.69) is 4.98 Å². The van der Waals surface area contributed by atoms with Gasteiger partial charge in [-0.05, 0) is 37.6 Å². The zero-order chi connectivity index (χ0) is 11.4. The molecule has 1 unspecified atom stereocenters. The van der Waals surface area contributed by atoms with E-state index in [1.807, 2.05) is 56.3 Å². The van der Waals surface area contributed by atoms with Crippen molar-refractivity contribution in [3.05, 3.63) is 59.9 Å². The van der Waals surface area contributed by atoms with Gasteiger partial charge in [-0.3, -0.25) is 4.98 Å². The minimum Gasteiger partial charge on any atom is -0.484 e. The molecule has 0 saturated carbocycles. The quantitative estimate of drug-likeness (QED) is 0.778. The molecule has 0 spiro atoms. The van der Waals surface area contributed by atoms with Crippen LogP contribution in [0.1, 0.15) is 24.3 Å². The van der Waals surface area contributed by atoms with Gasteiger partial charge in [-0.25, -0.2) is 0 Å². The number of pyridine rings is 1. The van der Waals surface area contributed by atoms with Gasteiger partial charge in [-0.15, -0.1) is 0 Å². The van der Waals surface area contributed by atoms with Gasteiger partial charge in [-0.1, -0.05) is 24.3 Å². The van der Waals surface area contributed by atoms with Crippen LogP contribution < -0.4 is 4.74 Å². The molecule has 0 radical (unpaired) electrons. The Morgan fingerprint density at radius 1 is 1.06 bits per heavy atom. The fraction of sp³-hybridized carbons (Fsp3) is 0.214. The van der Waals surface area contributed by atoms with Crippen LogP contribution in [0.15, 0.2) is 48.7 Å². The van der Waals surface area contributed by atoms with Gasteiger partial charge >= 0.3 is 0 Å². The smallest absolute Gasteiger partial charge is 0.138 e. The van der Waals surface area contributed by atoms with Crippen molar-refractivity contribution < 1.29 is 4.74 Å². The molecule has 16 heavy (non-hydrogen) atoms. The largest absolute Gasteiger partial charge is 0.484 e. The second kappa shape index (κ2) is 4.79. The van der Waals surface area contributed by atoms with Crippen LogP contribution in [-0.2, 0) is 0 Å². The highest BCUT2D eigenvalue weighted by molar-refractivity contribution is 5.32. The van der Waals surface area contributed by atoms with Crippen molar-refractivity contribution in [1.29, 1.82) is 0 Å². The Hall–Kier alpha value is -1.83. The van der Waals surface area contributed by atoms with E-state index in [0.717, 1.165) is 17.0 Å². The van der Waals surface area contributed by atoms with Crippen LogP contribution in [-0.4, -0.2) is 4.98 Å². The van der Waals surface area contributed by atoms with E-state index in [4.69, 9.17) is 4.74 Å². The Morgan fingerprint density at radius 2 is 1.81 bits per heavy atom. The summed E-state index contributed by atoms with van der Waals surface area (Å²) in [5, 5.41) is 0. The van der Waals surface area contributed by atoms with Crippen LogP contribution in [0.2, 0.25) is 0 Å². The summed E-state index contributed by atoms with van der Waals surface area (Å²) < 4.78 is 5.87. The molecule has 0 aliphatic carbocycles. The Bertz CT molecular complexity index is 453. The Balaban J connectivity index is 2.14. The van der Waals surface area contributed by atoms with Gasteiger partial charge in [0.2, 0.25) is 0 Å². The molecule has 0 saturated heterocycles. The predicted molar refractivity (Wildman–Crippen MR) is 64.5 cm³/mol. The van der Waals surface area contributed by atoms with Gasteiger partial charge in [0, 0.05) is 6.20 Å². The van der Waals surface area contributed by atoms with E-state index < -0.39 is 0 Å². The molecule has 82 valence electrons. The second-order valence-corrected chi connectivity index (χ2v) is 3.78. The number of para-hydroxylation sites is 1. The SMILES string of the molecule is Cc1ccccc1OC(C)c1ccccn1.